The highest BCUT2D eigenvalue weighted by Gasteiger charge is 2.34. The van der Waals surface area contributed by atoms with Crippen molar-refractivity contribution >= 4 is 21.2 Å². The van der Waals surface area contributed by atoms with Gasteiger partial charge in [0.15, 0.2) is 9.84 Å². The molecule has 1 aromatic heterocycles. The van der Waals surface area contributed by atoms with Gasteiger partial charge < -0.3 is 5.32 Å². The van der Waals surface area contributed by atoms with Crippen LogP contribution in [-0.4, -0.2) is 30.9 Å². The van der Waals surface area contributed by atoms with Crippen molar-refractivity contribution in [2.75, 3.05) is 6.26 Å². The van der Waals surface area contributed by atoms with Crippen LogP contribution in [0.5, 0.6) is 0 Å². The molecule has 0 radical (unpaired) electrons. The summed E-state index contributed by atoms with van der Waals surface area (Å²) in [6, 6.07) is 0.0898. The highest BCUT2D eigenvalue weighted by molar-refractivity contribution is 7.91. The molecule has 2 atom stereocenters. The van der Waals surface area contributed by atoms with Gasteiger partial charge in [0.2, 0.25) is 0 Å². The number of hydrogen-bond donors (Lipinski definition) is 1. The molecule has 0 aliphatic heterocycles. The Morgan fingerprint density at radius 1 is 1.53 bits per heavy atom. The van der Waals surface area contributed by atoms with Gasteiger partial charge in [-0.25, -0.2) is 13.4 Å². The number of nitrogens with zero attached hydrogens (tertiary/aromatic N) is 1. The van der Waals surface area contributed by atoms with Crippen molar-refractivity contribution < 1.29 is 8.42 Å². The van der Waals surface area contributed by atoms with E-state index in [0.717, 1.165) is 30.0 Å². The predicted molar refractivity (Wildman–Crippen MR) is 70.0 cm³/mol. The van der Waals surface area contributed by atoms with E-state index in [2.05, 4.69) is 10.3 Å². The fraction of sp³-hybridized carbons (Fsp3) is 0.727. The molecular weight excluding hydrogens is 256 g/mol. The number of hydrogen-bond acceptors (Lipinski definition) is 5. The Balaban J connectivity index is 1.95. The van der Waals surface area contributed by atoms with Crippen molar-refractivity contribution in [3.63, 3.8) is 0 Å². The summed E-state index contributed by atoms with van der Waals surface area (Å²) in [6.07, 6.45) is 4.06. The van der Waals surface area contributed by atoms with Gasteiger partial charge >= 0.3 is 0 Å². The van der Waals surface area contributed by atoms with Crippen LogP contribution in [0.2, 0.25) is 0 Å². The zero-order chi connectivity index (χ0) is 12.5. The minimum Gasteiger partial charge on any atom is -0.307 e. The topological polar surface area (TPSA) is 59.1 Å². The van der Waals surface area contributed by atoms with Crippen molar-refractivity contribution in [3.05, 3.63) is 16.1 Å². The Morgan fingerprint density at radius 2 is 2.29 bits per heavy atom. The van der Waals surface area contributed by atoms with Gasteiger partial charge in [-0.15, -0.1) is 11.3 Å². The average molecular weight is 274 g/mol. The smallest absolute Gasteiger partial charge is 0.151 e. The second-order valence-electron chi connectivity index (χ2n) is 4.64. The Labute approximate surface area is 106 Å². The maximum atomic E-state index is 11.6. The molecule has 1 aliphatic carbocycles. The number of aryl methyl sites for hydroxylation is 1. The molecule has 0 aromatic carbocycles. The zero-order valence-corrected chi connectivity index (χ0v) is 11.8. The standard InChI is InChI=1S/C11H18N2O2S2/c1-8-13-9(7-16-8)6-12-10-4-3-5-11(10)17(2,14)15/h7,10-12H,3-6H2,1-2H3. The zero-order valence-electron chi connectivity index (χ0n) is 10.1. The lowest BCUT2D eigenvalue weighted by molar-refractivity contribution is 0.504. The first kappa shape index (κ1) is 13.0. The van der Waals surface area contributed by atoms with Crippen molar-refractivity contribution in [1.29, 1.82) is 0 Å². The van der Waals surface area contributed by atoms with Crippen LogP contribution in [0.25, 0.3) is 0 Å². The lowest BCUT2D eigenvalue weighted by atomic mass is 10.2. The fourth-order valence-electron chi connectivity index (χ4n) is 2.40. The molecule has 0 bridgehead atoms. The monoisotopic (exact) mass is 274 g/mol. The first-order valence-electron chi connectivity index (χ1n) is 5.80. The molecule has 1 aliphatic rings. The van der Waals surface area contributed by atoms with Gasteiger partial charge in [-0.3, -0.25) is 0 Å². The third-order valence-corrected chi connectivity index (χ3v) is 5.70. The van der Waals surface area contributed by atoms with Gasteiger partial charge in [-0.1, -0.05) is 6.42 Å². The van der Waals surface area contributed by atoms with Crippen molar-refractivity contribution in [1.82, 2.24) is 10.3 Å². The van der Waals surface area contributed by atoms with E-state index in [1.54, 1.807) is 11.3 Å². The van der Waals surface area contributed by atoms with Gasteiger partial charge in [-0.05, 0) is 19.8 Å². The molecule has 4 nitrogen and oxygen atoms in total. The summed E-state index contributed by atoms with van der Waals surface area (Å²) >= 11 is 1.62. The molecule has 0 spiro atoms. The van der Waals surface area contributed by atoms with E-state index in [1.807, 2.05) is 12.3 Å². The third-order valence-electron chi connectivity index (χ3n) is 3.21. The second kappa shape index (κ2) is 5.04. The number of nitrogens with one attached hydrogen (secondary N) is 1. The summed E-state index contributed by atoms with van der Waals surface area (Å²) in [7, 11) is -2.93. The van der Waals surface area contributed by atoms with Crippen LogP contribution in [0.15, 0.2) is 5.38 Å². The number of rotatable bonds is 4. The number of thiazole rings is 1. The Morgan fingerprint density at radius 3 is 2.88 bits per heavy atom. The molecule has 2 unspecified atom stereocenters. The van der Waals surface area contributed by atoms with E-state index >= 15 is 0 Å². The molecule has 1 heterocycles. The summed E-state index contributed by atoms with van der Waals surface area (Å²) < 4.78 is 23.2. The number of aromatic nitrogens is 1. The van der Waals surface area contributed by atoms with Gasteiger partial charge in [0.05, 0.1) is 16.0 Å². The minimum atomic E-state index is -2.93. The normalized spacial score (nSPS) is 25.3. The SMILES string of the molecule is Cc1nc(CNC2CCCC2S(C)(=O)=O)cs1. The van der Waals surface area contributed by atoms with E-state index in [1.165, 1.54) is 6.26 Å². The molecule has 1 fully saturated rings. The Bertz CT molecular complexity index is 481. The molecule has 1 N–H and O–H groups in total. The van der Waals surface area contributed by atoms with Gasteiger partial charge in [0, 0.05) is 24.2 Å². The fourth-order valence-corrected chi connectivity index (χ4v) is 4.43. The first-order valence-corrected chi connectivity index (χ1v) is 8.63. The average Bonchev–Trinajstić information content (AvgIpc) is 2.81. The quantitative estimate of drug-likeness (QED) is 0.904. The number of sulfone groups is 1. The van der Waals surface area contributed by atoms with Crippen molar-refractivity contribution in [2.45, 2.75) is 44.0 Å². The van der Waals surface area contributed by atoms with Crippen LogP contribution in [0, 0.1) is 6.92 Å². The van der Waals surface area contributed by atoms with Crippen molar-refractivity contribution in [2.24, 2.45) is 0 Å². The molecule has 1 aromatic rings. The third kappa shape index (κ3) is 3.26. The molecular formula is C11H18N2O2S2. The van der Waals surface area contributed by atoms with Crippen LogP contribution >= 0.6 is 11.3 Å². The molecule has 2 rings (SSSR count). The highest BCUT2D eigenvalue weighted by atomic mass is 32.2. The van der Waals surface area contributed by atoms with E-state index < -0.39 is 9.84 Å². The highest BCUT2D eigenvalue weighted by Crippen LogP contribution is 2.25. The summed E-state index contributed by atoms with van der Waals surface area (Å²) in [5, 5.41) is 6.18. The molecule has 0 saturated heterocycles. The molecule has 96 valence electrons. The van der Waals surface area contributed by atoms with Gasteiger partial charge in [0.25, 0.3) is 0 Å². The van der Waals surface area contributed by atoms with E-state index in [9.17, 15) is 8.42 Å². The Hall–Kier alpha value is -0.460. The predicted octanol–water partition coefficient (Wildman–Crippen LogP) is 1.51. The van der Waals surface area contributed by atoms with Crippen LogP contribution in [-0.2, 0) is 16.4 Å². The van der Waals surface area contributed by atoms with Gasteiger partial charge in [0.1, 0.15) is 0 Å². The molecule has 6 heteroatoms. The molecule has 1 saturated carbocycles. The lowest BCUT2D eigenvalue weighted by Crippen LogP contribution is -2.39. The minimum absolute atomic E-state index is 0.0898. The lowest BCUT2D eigenvalue weighted by Gasteiger charge is -2.18. The second-order valence-corrected chi connectivity index (χ2v) is 7.97. The van der Waals surface area contributed by atoms with E-state index in [0.29, 0.717) is 6.54 Å². The maximum Gasteiger partial charge on any atom is 0.151 e. The van der Waals surface area contributed by atoms with Crippen LogP contribution in [0.1, 0.15) is 30.0 Å². The van der Waals surface area contributed by atoms with Crippen molar-refractivity contribution in [3.8, 4) is 0 Å². The summed E-state index contributed by atoms with van der Waals surface area (Å²) in [6.45, 7) is 2.64. The van der Waals surface area contributed by atoms with E-state index in [4.69, 9.17) is 0 Å². The summed E-state index contributed by atoms with van der Waals surface area (Å²) in [4.78, 5) is 4.37. The molecule has 17 heavy (non-hydrogen) atoms. The van der Waals surface area contributed by atoms with Crippen LogP contribution < -0.4 is 5.32 Å². The van der Waals surface area contributed by atoms with Crippen LogP contribution in [0.4, 0.5) is 0 Å². The van der Waals surface area contributed by atoms with Gasteiger partial charge in [-0.2, -0.15) is 0 Å². The first-order chi connectivity index (χ1) is 7.97. The van der Waals surface area contributed by atoms with E-state index in [-0.39, 0.29) is 11.3 Å². The molecule has 0 amide bonds. The Kier molecular flexibility index (Phi) is 3.85. The summed E-state index contributed by atoms with van der Waals surface area (Å²) in [5.74, 6) is 0. The summed E-state index contributed by atoms with van der Waals surface area (Å²) in [5.41, 5.74) is 1.01. The largest absolute Gasteiger partial charge is 0.307 e. The maximum absolute atomic E-state index is 11.6. The van der Waals surface area contributed by atoms with Crippen LogP contribution in [0.3, 0.4) is 0 Å².